The van der Waals surface area contributed by atoms with E-state index >= 15 is 0 Å². The van der Waals surface area contributed by atoms with Crippen molar-refractivity contribution in [1.29, 1.82) is 0 Å². The molecule has 19 heavy (non-hydrogen) atoms. The zero-order chi connectivity index (χ0) is 14.2. The molecule has 0 radical (unpaired) electrons. The van der Waals surface area contributed by atoms with Gasteiger partial charge in [0.2, 0.25) is 10.0 Å². The summed E-state index contributed by atoms with van der Waals surface area (Å²) in [6.45, 7) is 5.98. The van der Waals surface area contributed by atoms with Crippen molar-refractivity contribution < 1.29 is 13.2 Å². The van der Waals surface area contributed by atoms with Gasteiger partial charge in [-0.25, -0.2) is 13.1 Å². The van der Waals surface area contributed by atoms with E-state index < -0.39 is 10.0 Å². The molecular formula is C13H20N2O3S. The second-order valence-electron chi connectivity index (χ2n) is 5.08. The van der Waals surface area contributed by atoms with E-state index in [1.54, 1.807) is 26.0 Å². The first-order valence-corrected chi connectivity index (χ1v) is 7.80. The molecular weight excluding hydrogens is 264 g/mol. The van der Waals surface area contributed by atoms with Gasteiger partial charge in [-0.3, -0.25) is 0 Å². The van der Waals surface area contributed by atoms with Crippen LogP contribution < -0.4 is 10.5 Å². The number of nitrogens with two attached hydrogens (primary N) is 1. The van der Waals surface area contributed by atoms with Crippen molar-refractivity contribution in [3.05, 3.63) is 23.3 Å². The Hall–Kier alpha value is -1.11. The van der Waals surface area contributed by atoms with E-state index in [2.05, 4.69) is 4.72 Å². The maximum absolute atomic E-state index is 12.5. The molecule has 1 fully saturated rings. The summed E-state index contributed by atoms with van der Waals surface area (Å²) >= 11 is 0. The van der Waals surface area contributed by atoms with Crippen LogP contribution in [-0.2, 0) is 14.8 Å². The first-order valence-electron chi connectivity index (χ1n) is 6.32. The summed E-state index contributed by atoms with van der Waals surface area (Å²) in [6.07, 6.45) is 0.608. The number of sulfonamides is 1. The summed E-state index contributed by atoms with van der Waals surface area (Å²) in [7, 11) is -3.54. The predicted octanol–water partition coefficient (Wildman–Crippen LogP) is 1.34. The zero-order valence-electron chi connectivity index (χ0n) is 11.4. The van der Waals surface area contributed by atoms with Crippen LogP contribution in [0.15, 0.2) is 17.0 Å². The number of hydrogen-bond acceptors (Lipinski definition) is 4. The lowest BCUT2D eigenvalue weighted by Gasteiger charge is -2.18. The largest absolute Gasteiger partial charge is 0.399 e. The molecule has 0 amide bonds. The molecule has 1 aliphatic heterocycles. The van der Waals surface area contributed by atoms with Gasteiger partial charge in [0.1, 0.15) is 0 Å². The van der Waals surface area contributed by atoms with Crippen LogP contribution in [0, 0.1) is 13.8 Å². The van der Waals surface area contributed by atoms with Crippen LogP contribution in [0.1, 0.15) is 24.5 Å². The third kappa shape index (κ3) is 2.91. The molecule has 0 bridgehead atoms. The van der Waals surface area contributed by atoms with Crippen molar-refractivity contribution in [2.45, 2.75) is 44.2 Å². The van der Waals surface area contributed by atoms with E-state index in [1.807, 2.05) is 6.92 Å². The average molecular weight is 284 g/mol. The molecule has 0 aliphatic carbocycles. The van der Waals surface area contributed by atoms with Gasteiger partial charge in [0.15, 0.2) is 0 Å². The Balaban J connectivity index is 2.34. The highest BCUT2D eigenvalue weighted by Crippen LogP contribution is 2.24. The lowest BCUT2D eigenvalue weighted by Crippen LogP contribution is -2.39. The summed E-state index contributed by atoms with van der Waals surface area (Å²) in [6, 6.07) is 3.19. The van der Waals surface area contributed by atoms with Crippen molar-refractivity contribution in [3.63, 3.8) is 0 Å². The summed E-state index contributed by atoms with van der Waals surface area (Å²) in [5, 5.41) is 0. The summed E-state index contributed by atoms with van der Waals surface area (Å²) in [4.78, 5) is 0.320. The number of aryl methyl sites for hydroxylation is 2. The number of hydrogen-bond donors (Lipinski definition) is 2. The second kappa shape index (κ2) is 5.11. The Morgan fingerprint density at radius 3 is 2.37 bits per heavy atom. The smallest absolute Gasteiger partial charge is 0.241 e. The molecule has 1 heterocycles. The van der Waals surface area contributed by atoms with Gasteiger partial charge >= 0.3 is 0 Å². The molecule has 1 saturated heterocycles. The monoisotopic (exact) mass is 284 g/mol. The molecule has 106 valence electrons. The van der Waals surface area contributed by atoms with Gasteiger partial charge in [0.25, 0.3) is 0 Å². The third-order valence-corrected chi connectivity index (χ3v) is 5.23. The Kier molecular flexibility index (Phi) is 3.85. The number of benzene rings is 1. The van der Waals surface area contributed by atoms with Crippen LogP contribution in [0.5, 0.6) is 0 Å². The van der Waals surface area contributed by atoms with E-state index in [1.165, 1.54) is 0 Å². The minimum Gasteiger partial charge on any atom is -0.399 e. The van der Waals surface area contributed by atoms with Crippen molar-refractivity contribution in [1.82, 2.24) is 4.72 Å². The molecule has 5 nitrogen and oxygen atoms in total. The summed E-state index contributed by atoms with van der Waals surface area (Å²) in [5.41, 5.74) is 7.62. The van der Waals surface area contributed by atoms with Gasteiger partial charge in [-0.2, -0.15) is 0 Å². The van der Waals surface area contributed by atoms with Crippen molar-refractivity contribution >= 4 is 15.7 Å². The van der Waals surface area contributed by atoms with E-state index in [0.717, 1.165) is 0 Å². The van der Waals surface area contributed by atoms with Crippen molar-refractivity contribution in [2.75, 3.05) is 12.3 Å². The van der Waals surface area contributed by atoms with E-state index in [9.17, 15) is 8.42 Å². The minimum absolute atomic E-state index is 0.0934. The van der Waals surface area contributed by atoms with Crippen LogP contribution in [0.25, 0.3) is 0 Å². The standard InChI is InChI=1S/C13H20N2O3S/c1-8-6-11(14)7-9(2)13(8)19(16,17)15-12-4-5-18-10(12)3/h6-7,10,12,15H,4-5,14H2,1-3H3. The first-order chi connectivity index (χ1) is 8.81. The van der Waals surface area contributed by atoms with Gasteiger partial charge in [0, 0.05) is 12.3 Å². The van der Waals surface area contributed by atoms with Crippen LogP contribution in [-0.4, -0.2) is 27.2 Å². The quantitative estimate of drug-likeness (QED) is 0.821. The fraction of sp³-hybridized carbons (Fsp3) is 0.538. The Morgan fingerprint density at radius 2 is 1.89 bits per heavy atom. The van der Waals surface area contributed by atoms with E-state index in [4.69, 9.17) is 10.5 Å². The highest BCUT2D eigenvalue weighted by molar-refractivity contribution is 7.89. The van der Waals surface area contributed by atoms with Crippen LogP contribution in [0.4, 0.5) is 5.69 Å². The molecule has 2 atom stereocenters. The maximum Gasteiger partial charge on any atom is 0.241 e. The molecule has 2 rings (SSSR count). The van der Waals surface area contributed by atoms with Gasteiger partial charge in [-0.15, -0.1) is 0 Å². The van der Waals surface area contributed by atoms with Gasteiger partial charge < -0.3 is 10.5 Å². The molecule has 0 spiro atoms. The Morgan fingerprint density at radius 1 is 1.32 bits per heavy atom. The fourth-order valence-electron chi connectivity index (χ4n) is 2.55. The predicted molar refractivity (Wildman–Crippen MR) is 74.5 cm³/mol. The van der Waals surface area contributed by atoms with Crippen molar-refractivity contribution in [2.24, 2.45) is 0 Å². The second-order valence-corrected chi connectivity index (χ2v) is 6.73. The summed E-state index contributed by atoms with van der Waals surface area (Å²) < 4.78 is 33.1. The average Bonchev–Trinajstić information content (AvgIpc) is 2.61. The number of nitrogen functional groups attached to an aromatic ring is 1. The fourth-order valence-corrected chi connectivity index (χ4v) is 4.34. The van der Waals surface area contributed by atoms with Crippen LogP contribution in [0.2, 0.25) is 0 Å². The lowest BCUT2D eigenvalue weighted by molar-refractivity contribution is 0.117. The van der Waals surface area contributed by atoms with E-state index in [-0.39, 0.29) is 12.1 Å². The molecule has 3 N–H and O–H groups in total. The maximum atomic E-state index is 12.5. The molecule has 1 aromatic rings. The highest BCUT2D eigenvalue weighted by atomic mass is 32.2. The number of anilines is 1. The molecule has 1 aromatic carbocycles. The topological polar surface area (TPSA) is 81.4 Å². The number of nitrogens with one attached hydrogen (secondary N) is 1. The number of ether oxygens (including phenoxy) is 1. The van der Waals surface area contributed by atoms with E-state index in [0.29, 0.717) is 34.7 Å². The third-order valence-electron chi connectivity index (χ3n) is 3.43. The van der Waals surface area contributed by atoms with Crippen LogP contribution >= 0.6 is 0 Å². The Labute approximate surface area is 114 Å². The van der Waals surface area contributed by atoms with Gasteiger partial charge in [0.05, 0.1) is 17.0 Å². The van der Waals surface area contributed by atoms with Gasteiger partial charge in [-0.1, -0.05) is 0 Å². The normalized spacial score (nSPS) is 23.7. The minimum atomic E-state index is -3.54. The Bertz CT molecular complexity index is 561. The van der Waals surface area contributed by atoms with Crippen molar-refractivity contribution in [3.8, 4) is 0 Å². The molecule has 0 saturated carbocycles. The molecule has 0 aromatic heterocycles. The first kappa shape index (κ1) is 14.3. The summed E-state index contributed by atoms with van der Waals surface area (Å²) in [5.74, 6) is 0. The molecule has 1 aliphatic rings. The van der Waals surface area contributed by atoms with Gasteiger partial charge in [-0.05, 0) is 50.5 Å². The zero-order valence-corrected chi connectivity index (χ0v) is 12.3. The number of rotatable bonds is 3. The molecule has 2 unspecified atom stereocenters. The molecule has 6 heteroatoms. The lowest BCUT2D eigenvalue weighted by atomic mass is 10.1. The SMILES string of the molecule is Cc1cc(N)cc(C)c1S(=O)(=O)NC1CCOC1C. The van der Waals surface area contributed by atoms with Crippen LogP contribution in [0.3, 0.4) is 0 Å². The highest BCUT2D eigenvalue weighted by Gasteiger charge is 2.30.